The van der Waals surface area contributed by atoms with Gasteiger partial charge in [0.05, 0.1) is 13.5 Å². The van der Waals surface area contributed by atoms with Gasteiger partial charge in [-0.25, -0.2) is 4.39 Å². The van der Waals surface area contributed by atoms with E-state index in [2.05, 4.69) is 4.74 Å². The molecule has 0 unspecified atom stereocenters. The van der Waals surface area contributed by atoms with Gasteiger partial charge in [-0.3, -0.25) is 9.59 Å². The van der Waals surface area contributed by atoms with E-state index >= 15 is 0 Å². The molecule has 0 aliphatic heterocycles. The molecule has 0 N–H and O–H groups in total. The van der Waals surface area contributed by atoms with Crippen molar-refractivity contribution >= 4 is 11.9 Å². The van der Waals surface area contributed by atoms with Crippen LogP contribution < -0.4 is 0 Å². The van der Waals surface area contributed by atoms with Crippen LogP contribution in [0.3, 0.4) is 0 Å². The zero-order chi connectivity index (χ0) is 13.7. The second kappa shape index (κ2) is 6.14. The molecule has 0 saturated carbocycles. The molecule has 18 heavy (non-hydrogen) atoms. The number of aryl methyl sites for hydroxylation is 1. The number of benzene rings is 1. The first-order chi connectivity index (χ1) is 8.45. The van der Waals surface area contributed by atoms with Crippen LogP contribution in [0.4, 0.5) is 4.39 Å². The molecule has 1 amide bonds. The zero-order valence-electron chi connectivity index (χ0n) is 10.7. The predicted octanol–water partition coefficient (Wildman–Crippen LogP) is 1.77. The smallest absolute Gasteiger partial charge is 0.307 e. The summed E-state index contributed by atoms with van der Waals surface area (Å²) in [6.45, 7) is 1.86. The first-order valence-electron chi connectivity index (χ1n) is 5.54. The minimum Gasteiger partial charge on any atom is -0.469 e. The lowest BCUT2D eigenvalue weighted by atomic mass is 10.1. The average Bonchev–Trinajstić information content (AvgIpc) is 2.37. The van der Waals surface area contributed by atoms with E-state index in [1.165, 1.54) is 30.2 Å². The van der Waals surface area contributed by atoms with E-state index in [0.29, 0.717) is 11.1 Å². The molecule has 1 aromatic rings. The molecule has 0 fully saturated rings. The summed E-state index contributed by atoms with van der Waals surface area (Å²) in [7, 11) is 2.89. The molecule has 0 heterocycles. The van der Waals surface area contributed by atoms with Gasteiger partial charge in [-0.05, 0) is 30.7 Å². The molecule has 0 atom stereocenters. The fraction of sp³-hybridized carbons (Fsp3) is 0.385. The lowest BCUT2D eigenvalue weighted by Crippen LogP contribution is -2.29. The quantitative estimate of drug-likeness (QED) is 0.768. The molecule has 98 valence electrons. The molecule has 4 nitrogen and oxygen atoms in total. The van der Waals surface area contributed by atoms with E-state index < -0.39 is 0 Å². The highest BCUT2D eigenvalue weighted by Crippen LogP contribution is 2.11. The van der Waals surface area contributed by atoms with Crippen molar-refractivity contribution in [1.29, 1.82) is 0 Å². The Bertz CT molecular complexity index is 460. The summed E-state index contributed by atoms with van der Waals surface area (Å²) in [5, 5.41) is 0. The zero-order valence-corrected chi connectivity index (χ0v) is 10.7. The lowest BCUT2D eigenvalue weighted by Gasteiger charge is -2.16. The number of nitrogens with zero attached hydrogens (tertiary/aromatic N) is 1. The third kappa shape index (κ3) is 3.55. The van der Waals surface area contributed by atoms with E-state index in [4.69, 9.17) is 0 Å². The van der Waals surface area contributed by atoms with Crippen molar-refractivity contribution in [1.82, 2.24) is 4.90 Å². The number of halogens is 1. The van der Waals surface area contributed by atoms with Crippen LogP contribution >= 0.6 is 0 Å². The summed E-state index contributed by atoms with van der Waals surface area (Å²) < 4.78 is 17.6. The number of carbonyl (C=O) groups excluding carboxylic acids is 2. The maximum atomic E-state index is 13.1. The van der Waals surface area contributed by atoms with E-state index in [0.717, 1.165) is 0 Å². The molecule has 1 aromatic carbocycles. The topological polar surface area (TPSA) is 46.6 Å². The van der Waals surface area contributed by atoms with Crippen LogP contribution in [0.25, 0.3) is 0 Å². The molecule has 0 saturated heterocycles. The Balaban J connectivity index is 2.68. The summed E-state index contributed by atoms with van der Waals surface area (Å²) in [6, 6.07) is 4.18. The first-order valence-corrected chi connectivity index (χ1v) is 5.54. The highest BCUT2D eigenvalue weighted by Gasteiger charge is 2.14. The summed E-state index contributed by atoms with van der Waals surface area (Å²) in [5.74, 6) is -0.962. The van der Waals surface area contributed by atoms with Crippen molar-refractivity contribution < 1.29 is 18.7 Å². The largest absolute Gasteiger partial charge is 0.469 e. The monoisotopic (exact) mass is 253 g/mol. The van der Waals surface area contributed by atoms with E-state index in [9.17, 15) is 14.0 Å². The Morgan fingerprint density at radius 2 is 2.06 bits per heavy atom. The van der Waals surface area contributed by atoms with Crippen LogP contribution in [0.15, 0.2) is 18.2 Å². The van der Waals surface area contributed by atoms with Crippen molar-refractivity contribution in [3.8, 4) is 0 Å². The summed E-state index contributed by atoms with van der Waals surface area (Å²) in [6.07, 6.45) is 0.138. The highest BCUT2D eigenvalue weighted by molar-refractivity contribution is 5.94. The molecule has 0 radical (unpaired) electrons. The summed E-state index contributed by atoms with van der Waals surface area (Å²) >= 11 is 0. The lowest BCUT2D eigenvalue weighted by molar-refractivity contribution is -0.140. The number of rotatable bonds is 4. The van der Waals surface area contributed by atoms with E-state index in [-0.39, 0.29) is 30.7 Å². The second-order valence-corrected chi connectivity index (χ2v) is 4.02. The van der Waals surface area contributed by atoms with Gasteiger partial charge in [-0.15, -0.1) is 0 Å². The Morgan fingerprint density at radius 1 is 1.39 bits per heavy atom. The molecule has 0 aliphatic rings. The van der Waals surface area contributed by atoms with Crippen LogP contribution in [0.5, 0.6) is 0 Å². The van der Waals surface area contributed by atoms with Gasteiger partial charge in [-0.1, -0.05) is 0 Å². The first kappa shape index (κ1) is 14.2. The third-order valence-corrected chi connectivity index (χ3v) is 2.63. The van der Waals surface area contributed by atoms with Crippen LogP contribution in [0, 0.1) is 12.7 Å². The normalized spacial score (nSPS) is 10.0. The average molecular weight is 253 g/mol. The highest BCUT2D eigenvalue weighted by atomic mass is 19.1. The molecule has 0 spiro atoms. The Kier molecular flexibility index (Phi) is 4.83. The van der Waals surface area contributed by atoms with Gasteiger partial charge in [0.1, 0.15) is 5.82 Å². The maximum Gasteiger partial charge on any atom is 0.307 e. The molecular formula is C13H16FNO3. The van der Waals surface area contributed by atoms with Crippen LogP contribution in [0.1, 0.15) is 22.3 Å². The Labute approximate surface area is 105 Å². The minimum atomic E-state index is -0.370. The van der Waals surface area contributed by atoms with Crippen LogP contribution in [-0.4, -0.2) is 37.5 Å². The van der Waals surface area contributed by atoms with E-state index in [1.807, 2.05) is 0 Å². The van der Waals surface area contributed by atoms with Gasteiger partial charge in [-0.2, -0.15) is 0 Å². The van der Waals surface area contributed by atoms with Gasteiger partial charge >= 0.3 is 5.97 Å². The number of methoxy groups -OCH3 is 1. The van der Waals surface area contributed by atoms with Crippen LogP contribution in [-0.2, 0) is 9.53 Å². The summed E-state index contributed by atoms with van der Waals surface area (Å²) in [4.78, 5) is 24.3. The maximum absolute atomic E-state index is 13.1. The van der Waals surface area contributed by atoms with Crippen molar-refractivity contribution in [2.75, 3.05) is 20.7 Å². The number of hydrogen-bond acceptors (Lipinski definition) is 3. The number of carbonyl (C=O) groups is 2. The van der Waals surface area contributed by atoms with Crippen molar-refractivity contribution in [2.24, 2.45) is 0 Å². The van der Waals surface area contributed by atoms with Gasteiger partial charge in [0.15, 0.2) is 0 Å². The second-order valence-electron chi connectivity index (χ2n) is 4.02. The minimum absolute atomic E-state index is 0.138. The van der Waals surface area contributed by atoms with Crippen molar-refractivity contribution in [2.45, 2.75) is 13.3 Å². The Hall–Kier alpha value is -1.91. The number of hydrogen-bond donors (Lipinski definition) is 0. The SMILES string of the molecule is COC(=O)CCN(C)C(=O)c1ccc(F)c(C)c1. The van der Waals surface area contributed by atoms with Crippen LogP contribution in [0.2, 0.25) is 0 Å². The number of ether oxygens (including phenoxy) is 1. The molecule has 1 rings (SSSR count). The van der Waals surface area contributed by atoms with Crippen molar-refractivity contribution in [3.05, 3.63) is 35.1 Å². The standard InChI is InChI=1S/C13H16FNO3/c1-9-8-10(4-5-11(9)14)13(17)15(2)7-6-12(16)18-3/h4-5,8H,6-7H2,1-3H3. The molecular weight excluding hydrogens is 237 g/mol. The number of amides is 1. The van der Waals surface area contributed by atoms with Gasteiger partial charge in [0.2, 0.25) is 0 Å². The van der Waals surface area contributed by atoms with Crippen molar-refractivity contribution in [3.63, 3.8) is 0 Å². The number of esters is 1. The Morgan fingerprint density at radius 3 is 2.61 bits per heavy atom. The molecule has 5 heteroatoms. The summed E-state index contributed by atoms with van der Waals surface area (Å²) in [5.41, 5.74) is 0.823. The predicted molar refractivity (Wildman–Crippen MR) is 64.7 cm³/mol. The fourth-order valence-corrected chi connectivity index (χ4v) is 1.46. The van der Waals surface area contributed by atoms with Gasteiger partial charge in [0, 0.05) is 19.2 Å². The fourth-order valence-electron chi connectivity index (χ4n) is 1.46. The molecule has 0 bridgehead atoms. The van der Waals surface area contributed by atoms with Gasteiger partial charge in [0.25, 0.3) is 5.91 Å². The van der Waals surface area contributed by atoms with E-state index in [1.54, 1.807) is 14.0 Å². The third-order valence-electron chi connectivity index (χ3n) is 2.63. The molecule has 0 aliphatic carbocycles. The van der Waals surface area contributed by atoms with Gasteiger partial charge < -0.3 is 9.64 Å². The molecule has 0 aromatic heterocycles.